The number of nitrogens with zero attached hydrogens (tertiary/aromatic N) is 5. The van der Waals surface area contributed by atoms with E-state index in [0.29, 0.717) is 17.8 Å². The van der Waals surface area contributed by atoms with E-state index in [1.54, 1.807) is 18.1 Å². The standard InChI is InChI=1S/C32H32N6O4S/c1-20-28(18-43-32-37-35-19-38(32)2)41-31(42-29(20)23-11-9-22(17-39)10-12-23)24-13-7-21(8-14-24)15-34-30(40)27-16-33-25-5-3-4-6-26(25)36-27/h3-14,16,19-20,28-29,31,39H,15,17-18H2,1-2H3,(H,34,40)/t20-,28+,29+,31+/m1/s1. The SMILES string of the molecule is C[C@@H]1[C@H](CSc2nncn2C)O[C@H](c2ccc(CNC(=O)c3cnc4ccccc4n3)cc2)O[C@@H]1c1ccc(CO)cc1. The van der Waals surface area contributed by atoms with Gasteiger partial charge in [-0.3, -0.25) is 9.78 Å². The lowest BCUT2D eigenvalue weighted by Gasteiger charge is -2.41. The van der Waals surface area contributed by atoms with Crippen LogP contribution in [0.2, 0.25) is 0 Å². The number of carbonyl (C=O) groups excluding carboxylic acids is 1. The molecule has 5 aromatic rings. The van der Waals surface area contributed by atoms with Crippen molar-refractivity contribution in [3.05, 3.63) is 113 Å². The second-order valence-corrected chi connectivity index (χ2v) is 11.5. The highest BCUT2D eigenvalue weighted by Crippen LogP contribution is 2.42. The molecule has 3 heterocycles. The lowest BCUT2D eigenvalue weighted by molar-refractivity contribution is -0.268. The van der Waals surface area contributed by atoms with E-state index in [2.05, 4.69) is 32.4 Å². The van der Waals surface area contributed by atoms with Crippen LogP contribution in [0.25, 0.3) is 11.0 Å². The van der Waals surface area contributed by atoms with Gasteiger partial charge in [-0.15, -0.1) is 10.2 Å². The summed E-state index contributed by atoms with van der Waals surface area (Å²) in [7, 11) is 1.92. The smallest absolute Gasteiger partial charge is 0.271 e. The molecule has 4 atom stereocenters. The first-order valence-corrected chi connectivity index (χ1v) is 15.0. The van der Waals surface area contributed by atoms with Crippen LogP contribution in [0.5, 0.6) is 0 Å². The van der Waals surface area contributed by atoms with Crippen LogP contribution >= 0.6 is 11.8 Å². The molecule has 220 valence electrons. The quantitative estimate of drug-likeness (QED) is 0.232. The van der Waals surface area contributed by atoms with Crippen LogP contribution in [-0.2, 0) is 29.7 Å². The fraction of sp³-hybridized carbons (Fsp3) is 0.281. The number of hydrogen-bond acceptors (Lipinski definition) is 9. The monoisotopic (exact) mass is 596 g/mol. The number of aliphatic hydroxyl groups is 1. The number of para-hydroxylation sites is 2. The van der Waals surface area contributed by atoms with Gasteiger partial charge in [0.05, 0.1) is 36.0 Å². The summed E-state index contributed by atoms with van der Waals surface area (Å²) in [5, 5.41) is 21.4. The second kappa shape index (κ2) is 13.0. The molecule has 1 saturated heterocycles. The average Bonchev–Trinajstić information content (AvgIpc) is 3.47. The van der Waals surface area contributed by atoms with Crippen molar-refractivity contribution < 1.29 is 19.4 Å². The maximum absolute atomic E-state index is 12.7. The molecule has 0 saturated carbocycles. The Morgan fingerprint density at radius 2 is 1.70 bits per heavy atom. The number of nitrogens with one attached hydrogen (secondary N) is 1. The van der Waals surface area contributed by atoms with E-state index >= 15 is 0 Å². The number of aromatic nitrogens is 5. The Balaban J connectivity index is 1.15. The van der Waals surface area contributed by atoms with E-state index in [4.69, 9.17) is 9.47 Å². The van der Waals surface area contributed by atoms with Crippen molar-refractivity contribution in [1.82, 2.24) is 30.0 Å². The molecule has 3 aromatic carbocycles. The molecule has 0 spiro atoms. The minimum Gasteiger partial charge on any atom is -0.392 e. The first-order chi connectivity index (χ1) is 21.0. The highest BCUT2D eigenvalue weighted by atomic mass is 32.2. The third kappa shape index (κ3) is 6.60. The fourth-order valence-corrected chi connectivity index (χ4v) is 6.05. The normalized spacial score (nSPS) is 20.3. The van der Waals surface area contributed by atoms with Crippen LogP contribution in [0.3, 0.4) is 0 Å². The molecular formula is C32H32N6O4S. The molecule has 1 fully saturated rings. The number of amides is 1. The number of benzene rings is 3. The number of thioether (sulfide) groups is 1. The molecule has 2 N–H and O–H groups in total. The van der Waals surface area contributed by atoms with Crippen molar-refractivity contribution in [2.75, 3.05) is 5.75 Å². The summed E-state index contributed by atoms with van der Waals surface area (Å²) in [6.07, 6.45) is 2.26. The number of carbonyl (C=O) groups is 1. The zero-order valence-corrected chi connectivity index (χ0v) is 24.6. The lowest BCUT2D eigenvalue weighted by atomic mass is 9.91. The Labute approximate surface area is 253 Å². The largest absolute Gasteiger partial charge is 0.392 e. The number of ether oxygens (including phenoxy) is 2. The number of aliphatic hydroxyl groups excluding tert-OH is 1. The van der Waals surface area contributed by atoms with Crippen LogP contribution < -0.4 is 5.32 Å². The van der Waals surface area contributed by atoms with E-state index < -0.39 is 6.29 Å². The minimum absolute atomic E-state index is 0.00742. The van der Waals surface area contributed by atoms with Crippen LogP contribution in [0.15, 0.2) is 90.5 Å². The van der Waals surface area contributed by atoms with Crippen molar-refractivity contribution in [2.45, 2.75) is 43.7 Å². The van der Waals surface area contributed by atoms with Gasteiger partial charge in [-0.1, -0.05) is 79.3 Å². The van der Waals surface area contributed by atoms with Gasteiger partial charge in [0.25, 0.3) is 5.91 Å². The summed E-state index contributed by atoms with van der Waals surface area (Å²) in [6.45, 7) is 2.47. The van der Waals surface area contributed by atoms with Crippen molar-refractivity contribution in [3.63, 3.8) is 0 Å². The number of aryl methyl sites for hydroxylation is 1. The molecule has 0 radical (unpaired) electrons. The van der Waals surface area contributed by atoms with E-state index in [0.717, 1.165) is 32.9 Å². The minimum atomic E-state index is -0.583. The summed E-state index contributed by atoms with van der Waals surface area (Å²) in [5.41, 5.74) is 5.39. The highest BCUT2D eigenvalue weighted by molar-refractivity contribution is 7.99. The Morgan fingerprint density at radius 3 is 2.42 bits per heavy atom. The molecule has 1 aliphatic rings. The molecule has 6 rings (SSSR count). The maximum atomic E-state index is 12.7. The highest BCUT2D eigenvalue weighted by Gasteiger charge is 2.38. The molecule has 0 unspecified atom stereocenters. The topological polar surface area (TPSA) is 124 Å². The predicted octanol–water partition coefficient (Wildman–Crippen LogP) is 4.76. The summed E-state index contributed by atoms with van der Waals surface area (Å²) in [5.74, 6) is 0.457. The molecule has 11 heteroatoms. The second-order valence-electron chi connectivity index (χ2n) is 10.5. The predicted molar refractivity (Wildman–Crippen MR) is 162 cm³/mol. The zero-order valence-electron chi connectivity index (χ0n) is 23.8. The van der Waals surface area contributed by atoms with Crippen molar-refractivity contribution >= 4 is 28.7 Å². The first-order valence-electron chi connectivity index (χ1n) is 14.0. The summed E-state index contributed by atoms with van der Waals surface area (Å²) in [4.78, 5) is 21.5. The van der Waals surface area contributed by atoms with Crippen LogP contribution in [-0.4, -0.2) is 47.6 Å². The summed E-state index contributed by atoms with van der Waals surface area (Å²) >= 11 is 1.60. The molecule has 1 amide bonds. The van der Waals surface area contributed by atoms with Gasteiger partial charge in [-0.05, 0) is 28.8 Å². The fourth-order valence-electron chi connectivity index (χ4n) is 5.00. The Kier molecular flexibility index (Phi) is 8.75. The van der Waals surface area contributed by atoms with Crippen LogP contribution in [0.1, 0.15) is 52.1 Å². The Morgan fingerprint density at radius 1 is 0.977 bits per heavy atom. The van der Waals surface area contributed by atoms with E-state index in [9.17, 15) is 9.90 Å². The summed E-state index contributed by atoms with van der Waals surface area (Å²) in [6, 6.07) is 23.2. The molecule has 0 aliphatic carbocycles. The third-order valence-electron chi connectivity index (χ3n) is 7.56. The Bertz CT molecular complexity index is 1690. The molecule has 2 aromatic heterocycles. The van der Waals surface area contributed by atoms with Gasteiger partial charge in [0, 0.05) is 30.8 Å². The molecule has 0 bridgehead atoms. The van der Waals surface area contributed by atoms with Crippen LogP contribution in [0, 0.1) is 5.92 Å². The Hall–Kier alpha value is -4.16. The van der Waals surface area contributed by atoms with Crippen LogP contribution in [0.4, 0.5) is 0 Å². The van der Waals surface area contributed by atoms with Gasteiger partial charge in [0.2, 0.25) is 0 Å². The lowest BCUT2D eigenvalue weighted by Crippen LogP contribution is -2.38. The number of hydrogen-bond donors (Lipinski definition) is 2. The number of fused-ring (bicyclic) bond motifs is 1. The van der Waals surface area contributed by atoms with Gasteiger partial charge in [-0.25, -0.2) is 4.98 Å². The zero-order chi connectivity index (χ0) is 29.8. The molecule has 10 nitrogen and oxygen atoms in total. The third-order valence-corrected chi connectivity index (χ3v) is 8.68. The summed E-state index contributed by atoms with van der Waals surface area (Å²) < 4.78 is 15.0. The van der Waals surface area contributed by atoms with Gasteiger partial charge >= 0.3 is 0 Å². The van der Waals surface area contributed by atoms with E-state index in [1.807, 2.05) is 84.4 Å². The van der Waals surface area contributed by atoms with Gasteiger partial charge in [0.15, 0.2) is 11.4 Å². The number of rotatable bonds is 9. The van der Waals surface area contributed by atoms with Crippen molar-refractivity contribution in [2.24, 2.45) is 13.0 Å². The maximum Gasteiger partial charge on any atom is 0.271 e. The van der Waals surface area contributed by atoms with Gasteiger partial charge < -0.3 is 24.5 Å². The molecule has 43 heavy (non-hydrogen) atoms. The molecular weight excluding hydrogens is 564 g/mol. The van der Waals surface area contributed by atoms with E-state index in [1.165, 1.54) is 6.20 Å². The molecule has 1 aliphatic heterocycles. The average molecular weight is 597 g/mol. The van der Waals surface area contributed by atoms with Gasteiger partial charge in [0.1, 0.15) is 12.0 Å². The van der Waals surface area contributed by atoms with Crippen molar-refractivity contribution in [1.29, 1.82) is 0 Å². The van der Waals surface area contributed by atoms with E-state index in [-0.39, 0.29) is 36.3 Å². The van der Waals surface area contributed by atoms with Gasteiger partial charge in [-0.2, -0.15) is 0 Å². The van der Waals surface area contributed by atoms with Crippen molar-refractivity contribution in [3.8, 4) is 0 Å². The first kappa shape index (κ1) is 28.9.